The van der Waals surface area contributed by atoms with Crippen molar-refractivity contribution in [3.8, 4) is 0 Å². The lowest BCUT2D eigenvalue weighted by Gasteiger charge is -2.27. The maximum absolute atomic E-state index is 6.15. The van der Waals surface area contributed by atoms with Crippen LogP contribution in [0.2, 0.25) is 0 Å². The van der Waals surface area contributed by atoms with Gasteiger partial charge in [-0.3, -0.25) is 0 Å². The summed E-state index contributed by atoms with van der Waals surface area (Å²) in [6, 6.07) is 8.10. The third-order valence-corrected chi connectivity index (χ3v) is 3.37. The average Bonchev–Trinajstić information content (AvgIpc) is 2.36. The maximum Gasteiger partial charge on any atom is 0.0980 e. The molecule has 0 aliphatic rings. The van der Waals surface area contributed by atoms with Gasteiger partial charge in [0.15, 0.2) is 0 Å². The van der Waals surface area contributed by atoms with Crippen molar-refractivity contribution >= 4 is 15.9 Å². The average molecular weight is 316 g/mol. The fraction of sp³-hybridized carbons (Fsp3) is 0.571. The number of methoxy groups -OCH3 is 1. The molecule has 3 nitrogen and oxygen atoms in total. The van der Waals surface area contributed by atoms with Gasteiger partial charge in [-0.15, -0.1) is 0 Å². The Hall–Kier alpha value is -0.420. The zero-order valence-electron chi connectivity index (χ0n) is 11.2. The van der Waals surface area contributed by atoms with Gasteiger partial charge in [-0.25, -0.2) is 0 Å². The Morgan fingerprint density at radius 3 is 2.39 bits per heavy atom. The van der Waals surface area contributed by atoms with Crippen molar-refractivity contribution in [1.29, 1.82) is 0 Å². The minimum atomic E-state index is -0.0896. The largest absolute Gasteiger partial charge is 0.382 e. The summed E-state index contributed by atoms with van der Waals surface area (Å²) in [7, 11) is 1.67. The summed E-state index contributed by atoms with van der Waals surface area (Å²) in [4.78, 5) is 0. The summed E-state index contributed by atoms with van der Waals surface area (Å²) in [6.45, 7) is 4.64. The van der Waals surface area contributed by atoms with E-state index >= 15 is 0 Å². The van der Waals surface area contributed by atoms with Crippen molar-refractivity contribution in [2.75, 3.05) is 13.7 Å². The fourth-order valence-corrected chi connectivity index (χ4v) is 2.08. The highest BCUT2D eigenvalue weighted by molar-refractivity contribution is 9.10. The van der Waals surface area contributed by atoms with Gasteiger partial charge in [-0.05, 0) is 31.0 Å². The van der Waals surface area contributed by atoms with Gasteiger partial charge in [0.25, 0.3) is 0 Å². The molecular weight excluding hydrogens is 294 g/mol. The second kappa shape index (κ2) is 7.89. The molecule has 0 aliphatic heterocycles. The molecule has 4 heteroatoms. The predicted molar refractivity (Wildman–Crippen MR) is 77.6 cm³/mol. The van der Waals surface area contributed by atoms with Crippen LogP contribution in [0.5, 0.6) is 0 Å². The second-order valence-electron chi connectivity index (χ2n) is 4.45. The molecule has 18 heavy (non-hydrogen) atoms. The number of nitrogens with two attached hydrogens (primary N) is 1. The quantitative estimate of drug-likeness (QED) is 0.839. The Morgan fingerprint density at radius 2 is 1.89 bits per heavy atom. The van der Waals surface area contributed by atoms with E-state index < -0.39 is 0 Å². The molecular formula is C14H22BrNO2. The van der Waals surface area contributed by atoms with Crippen LogP contribution in [0.15, 0.2) is 28.7 Å². The van der Waals surface area contributed by atoms with E-state index in [0.717, 1.165) is 16.5 Å². The lowest BCUT2D eigenvalue weighted by atomic mass is 10.0. The van der Waals surface area contributed by atoms with Gasteiger partial charge in [-0.1, -0.05) is 35.0 Å². The van der Waals surface area contributed by atoms with Crippen molar-refractivity contribution in [1.82, 2.24) is 0 Å². The molecule has 0 amide bonds. The standard InChI is InChI=1S/C14H22BrNO2/c1-4-13(16)14(18-10(2)9-17-3)11-5-7-12(15)8-6-11/h5-8,10,13-14H,4,9,16H2,1-3H3. The molecule has 1 aromatic rings. The molecule has 0 saturated carbocycles. The van der Waals surface area contributed by atoms with Crippen LogP contribution < -0.4 is 5.73 Å². The van der Waals surface area contributed by atoms with Crippen LogP contribution >= 0.6 is 15.9 Å². The van der Waals surface area contributed by atoms with Gasteiger partial charge >= 0.3 is 0 Å². The minimum absolute atomic E-state index is 0.00881. The Bertz CT molecular complexity index is 342. The van der Waals surface area contributed by atoms with Crippen LogP contribution in [0.4, 0.5) is 0 Å². The van der Waals surface area contributed by atoms with Crippen molar-refractivity contribution in [2.45, 2.75) is 38.5 Å². The van der Waals surface area contributed by atoms with E-state index in [1.165, 1.54) is 0 Å². The summed E-state index contributed by atoms with van der Waals surface area (Å²) in [5.41, 5.74) is 7.26. The highest BCUT2D eigenvalue weighted by Gasteiger charge is 2.21. The summed E-state index contributed by atoms with van der Waals surface area (Å²) >= 11 is 3.43. The third kappa shape index (κ3) is 4.69. The molecule has 0 bridgehead atoms. The number of ether oxygens (including phenoxy) is 2. The first-order valence-corrected chi connectivity index (χ1v) is 7.03. The van der Waals surface area contributed by atoms with Crippen molar-refractivity contribution < 1.29 is 9.47 Å². The molecule has 0 saturated heterocycles. The first-order valence-electron chi connectivity index (χ1n) is 6.23. The molecule has 0 radical (unpaired) electrons. The highest BCUT2D eigenvalue weighted by Crippen LogP contribution is 2.25. The summed E-state index contributed by atoms with van der Waals surface area (Å²) < 4.78 is 12.2. The maximum atomic E-state index is 6.15. The zero-order chi connectivity index (χ0) is 13.5. The lowest BCUT2D eigenvalue weighted by Crippen LogP contribution is -2.32. The molecule has 1 aromatic carbocycles. The van der Waals surface area contributed by atoms with Gasteiger partial charge in [0.2, 0.25) is 0 Å². The number of hydrogen-bond acceptors (Lipinski definition) is 3. The Labute approximate surface area is 118 Å². The number of rotatable bonds is 7. The number of hydrogen-bond donors (Lipinski definition) is 1. The van der Waals surface area contributed by atoms with Crippen LogP contribution in [0.3, 0.4) is 0 Å². The van der Waals surface area contributed by atoms with E-state index in [1.54, 1.807) is 7.11 Å². The van der Waals surface area contributed by atoms with E-state index in [2.05, 4.69) is 22.9 Å². The molecule has 0 fully saturated rings. The van der Waals surface area contributed by atoms with Crippen LogP contribution in [0.1, 0.15) is 31.9 Å². The van der Waals surface area contributed by atoms with Gasteiger partial charge in [0.05, 0.1) is 18.8 Å². The van der Waals surface area contributed by atoms with E-state index in [0.29, 0.717) is 6.61 Å². The fourth-order valence-electron chi connectivity index (χ4n) is 1.82. The van der Waals surface area contributed by atoms with Crippen molar-refractivity contribution in [3.05, 3.63) is 34.3 Å². The summed E-state index contributed by atoms with van der Waals surface area (Å²) in [6.07, 6.45) is 0.815. The van der Waals surface area contributed by atoms with Crippen molar-refractivity contribution in [2.24, 2.45) is 5.73 Å². The van der Waals surface area contributed by atoms with E-state index in [-0.39, 0.29) is 18.2 Å². The predicted octanol–water partition coefficient (Wildman–Crippen LogP) is 3.28. The Kier molecular flexibility index (Phi) is 6.86. The van der Waals surface area contributed by atoms with Crippen LogP contribution in [-0.2, 0) is 9.47 Å². The molecule has 102 valence electrons. The summed E-state index contributed by atoms with van der Waals surface area (Å²) in [5, 5.41) is 0. The lowest BCUT2D eigenvalue weighted by molar-refractivity contribution is -0.0507. The van der Waals surface area contributed by atoms with E-state index in [1.807, 2.05) is 31.2 Å². The van der Waals surface area contributed by atoms with Gasteiger partial charge < -0.3 is 15.2 Å². The molecule has 0 spiro atoms. The van der Waals surface area contributed by atoms with Gasteiger partial charge in [-0.2, -0.15) is 0 Å². The van der Waals surface area contributed by atoms with Crippen LogP contribution in [-0.4, -0.2) is 25.9 Å². The van der Waals surface area contributed by atoms with Crippen LogP contribution in [0.25, 0.3) is 0 Å². The third-order valence-electron chi connectivity index (χ3n) is 2.84. The van der Waals surface area contributed by atoms with E-state index in [4.69, 9.17) is 15.2 Å². The first kappa shape index (κ1) is 15.6. The van der Waals surface area contributed by atoms with Crippen molar-refractivity contribution in [3.63, 3.8) is 0 Å². The molecule has 3 atom stereocenters. The first-order chi connectivity index (χ1) is 8.58. The van der Waals surface area contributed by atoms with Crippen LogP contribution in [0, 0.1) is 0 Å². The Morgan fingerprint density at radius 1 is 1.28 bits per heavy atom. The topological polar surface area (TPSA) is 44.5 Å². The molecule has 1 rings (SSSR count). The van der Waals surface area contributed by atoms with Gasteiger partial charge in [0.1, 0.15) is 0 Å². The molecule has 3 unspecified atom stereocenters. The number of benzene rings is 1. The normalized spacial score (nSPS) is 16.3. The SMILES string of the molecule is CCC(N)C(OC(C)COC)c1ccc(Br)cc1. The molecule has 0 heterocycles. The smallest absolute Gasteiger partial charge is 0.0980 e. The molecule has 0 aromatic heterocycles. The monoisotopic (exact) mass is 315 g/mol. The number of halogens is 1. The molecule has 0 aliphatic carbocycles. The van der Waals surface area contributed by atoms with E-state index in [9.17, 15) is 0 Å². The zero-order valence-corrected chi connectivity index (χ0v) is 12.8. The van der Waals surface area contributed by atoms with Gasteiger partial charge in [0, 0.05) is 17.6 Å². The minimum Gasteiger partial charge on any atom is -0.382 e. The summed E-state index contributed by atoms with van der Waals surface area (Å²) in [5.74, 6) is 0. The molecule has 2 N–H and O–H groups in total. The second-order valence-corrected chi connectivity index (χ2v) is 5.36. The Balaban J connectivity index is 2.80. The highest BCUT2D eigenvalue weighted by atomic mass is 79.9.